The second kappa shape index (κ2) is 11.4. The van der Waals surface area contributed by atoms with E-state index in [1.165, 1.54) is 32.3 Å². The molecule has 1 atom stereocenters. The average Bonchev–Trinajstić information content (AvgIpc) is 2.59. The van der Waals surface area contributed by atoms with Crippen LogP contribution in [0.5, 0.6) is 5.75 Å². The lowest BCUT2D eigenvalue weighted by Gasteiger charge is -2.15. The number of ether oxygens (including phenoxy) is 2. The second-order valence-electron chi connectivity index (χ2n) is 5.94. The zero-order chi connectivity index (χ0) is 17.8. The summed E-state index contributed by atoms with van der Waals surface area (Å²) in [5, 5.41) is 0. The molecule has 0 aliphatic carbocycles. The van der Waals surface area contributed by atoms with Crippen LogP contribution in [0.3, 0.4) is 0 Å². The van der Waals surface area contributed by atoms with Crippen molar-refractivity contribution in [1.29, 1.82) is 0 Å². The van der Waals surface area contributed by atoms with Gasteiger partial charge in [0.25, 0.3) is 0 Å². The number of hydrogen-bond acceptors (Lipinski definition) is 4. The SMILES string of the molecule is CCCCC(CC)COc1ccc(C=CC(=O)OCC(C)=O)cc1. The third-order valence-electron chi connectivity index (χ3n) is 3.74. The molecule has 0 spiro atoms. The molecule has 0 saturated heterocycles. The smallest absolute Gasteiger partial charge is 0.331 e. The Labute approximate surface area is 144 Å². The molecule has 1 unspecified atom stereocenters. The minimum atomic E-state index is -0.521. The summed E-state index contributed by atoms with van der Waals surface area (Å²) in [4.78, 5) is 22.1. The van der Waals surface area contributed by atoms with Crippen molar-refractivity contribution in [2.75, 3.05) is 13.2 Å². The quantitative estimate of drug-likeness (QED) is 0.444. The van der Waals surface area contributed by atoms with Crippen LogP contribution in [0.15, 0.2) is 30.3 Å². The number of Topliss-reactive ketones (excluding diaryl/α,β-unsaturated/α-hetero) is 1. The maximum atomic E-state index is 11.4. The van der Waals surface area contributed by atoms with Gasteiger partial charge in [0, 0.05) is 6.08 Å². The predicted octanol–water partition coefficient (Wildman–Crippen LogP) is 4.43. The van der Waals surface area contributed by atoms with Crippen LogP contribution in [0.1, 0.15) is 52.0 Å². The summed E-state index contributed by atoms with van der Waals surface area (Å²) < 4.78 is 10.6. The van der Waals surface area contributed by atoms with Crippen LogP contribution in [0, 0.1) is 5.92 Å². The van der Waals surface area contributed by atoms with Gasteiger partial charge in [0.15, 0.2) is 5.78 Å². The molecule has 0 aromatic heterocycles. The van der Waals surface area contributed by atoms with E-state index in [4.69, 9.17) is 9.47 Å². The Morgan fingerprint density at radius 1 is 1.17 bits per heavy atom. The standard InChI is InChI=1S/C20H28O4/c1-4-6-7-17(5-2)15-23-19-11-8-18(9-12-19)10-13-20(22)24-14-16(3)21/h8-13,17H,4-7,14-15H2,1-3H3. The van der Waals surface area contributed by atoms with Gasteiger partial charge in [0.1, 0.15) is 12.4 Å². The third kappa shape index (κ3) is 8.51. The number of ketones is 1. The maximum Gasteiger partial charge on any atom is 0.331 e. The molecule has 0 bridgehead atoms. The number of hydrogen-bond donors (Lipinski definition) is 0. The van der Waals surface area contributed by atoms with Crippen LogP contribution in [0.4, 0.5) is 0 Å². The molecular formula is C20H28O4. The van der Waals surface area contributed by atoms with E-state index in [1.807, 2.05) is 24.3 Å². The lowest BCUT2D eigenvalue weighted by atomic mass is 10.0. The van der Waals surface area contributed by atoms with Crippen LogP contribution in [-0.4, -0.2) is 25.0 Å². The van der Waals surface area contributed by atoms with Gasteiger partial charge in [-0.25, -0.2) is 4.79 Å². The number of carbonyl (C=O) groups is 2. The molecular weight excluding hydrogens is 304 g/mol. The van der Waals surface area contributed by atoms with Crippen molar-refractivity contribution < 1.29 is 19.1 Å². The number of benzene rings is 1. The Kier molecular flexibility index (Phi) is 9.51. The zero-order valence-corrected chi connectivity index (χ0v) is 14.9. The summed E-state index contributed by atoms with van der Waals surface area (Å²) in [5.41, 5.74) is 0.875. The fourth-order valence-corrected chi connectivity index (χ4v) is 2.17. The van der Waals surface area contributed by atoms with E-state index >= 15 is 0 Å². The number of esters is 1. The summed E-state index contributed by atoms with van der Waals surface area (Å²) >= 11 is 0. The van der Waals surface area contributed by atoms with Crippen LogP contribution >= 0.6 is 0 Å². The molecule has 0 aliphatic heterocycles. The number of unbranched alkanes of at least 4 members (excludes halogenated alkanes) is 1. The first-order chi connectivity index (χ1) is 11.5. The number of rotatable bonds is 11. The Morgan fingerprint density at radius 3 is 2.46 bits per heavy atom. The first kappa shape index (κ1) is 19.9. The fourth-order valence-electron chi connectivity index (χ4n) is 2.17. The number of carbonyl (C=O) groups excluding carboxylic acids is 2. The monoisotopic (exact) mass is 332 g/mol. The first-order valence-corrected chi connectivity index (χ1v) is 8.62. The van der Waals surface area contributed by atoms with Crippen molar-refractivity contribution in [3.05, 3.63) is 35.9 Å². The maximum absolute atomic E-state index is 11.4. The van der Waals surface area contributed by atoms with Crippen molar-refractivity contribution in [3.63, 3.8) is 0 Å². The highest BCUT2D eigenvalue weighted by Crippen LogP contribution is 2.17. The van der Waals surface area contributed by atoms with Gasteiger partial charge in [-0.3, -0.25) is 4.79 Å². The molecule has 4 heteroatoms. The molecule has 0 heterocycles. The second-order valence-corrected chi connectivity index (χ2v) is 5.94. The van der Waals surface area contributed by atoms with Gasteiger partial charge in [-0.1, -0.05) is 45.2 Å². The highest BCUT2D eigenvalue weighted by atomic mass is 16.5. The van der Waals surface area contributed by atoms with Gasteiger partial charge in [-0.15, -0.1) is 0 Å². The Hall–Kier alpha value is -2.10. The fraction of sp³-hybridized carbons (Fsp3) is 0.500. The Bertz CT molecular complexity index is 531. The highest BCUT2D eigenvalue weighted by molar-refractivity contribution is 5.89. The molecule has 1 aromatic rings. The Balaban J connectivity index is 2.44. The largest absolute Gasteiger partial charge is 0.493 e. The van der Waals surface area contributed by atoms with E-state index in [9.17, 15) is 9.59 Å². The molecule has 1 aromatic carbocycles. The van der Waals surface area contributed by atoms with Crippen molar-refractivity contribution in [2.45, 2.75) is 46.5 Å². The van der Waals surface area contributed by atoms with Gasteiger partial charge in [-0.05, 0) is 43.0 Å². The van der Waals surface area contributed by atoms with Gasteiger partial charge in [0.05, 0.1) is 6.61 Å². The first-order valence-electron chi connectivity index (χ1n) is 8.62. The molecule has 0 fully saturated rings. The van der Waals surface area contributed by atoms with Crippen LogP contribution < -0.4 is 4.74 Å². The van der Waals surface area contributed by atoms with Gasteiger partial charge >= 0.3 is 5.97 Å². The van der Waals surface area contributed by atoms with Crippen molar-refractivity contribution in [1.82, 2.24) is 0 Å². The molecule has 0 radical (unpaired) electrons. The van der Waals surface area contributed by atoms with E-state index in [-0.39, 0.29) is 12.4 Å². The van der Waals surface area contributed by atoms with Gasteiger partial charge < -0.3 is 9.47 Å². The van der Waals surface area contributed by atoms with E-state index in [1.54, 1.807) is 6.08 Å². The third-order valence-corrected chi connectivity index (χ3v) is 3.74. The molecule has 0 saturated carbocycles. The highest BCUT2D eigenvalue weighted by Gasteiger charge is 2.06. The molecule has 4 nitrogen and oxygen atoms in total. The lowest BCUT2D eigenvalue weighted by Crippen LogP contribution is -2.11. The molecule has 0 aliphatic rings. The van der Waals surface area contributed by atoms with Crippen LogP contribution in [-0.2, 0) is 14.3 Å². The summed E-state index contributed by atoms with van der Waals surface area (Å²) in [6.45, 7) is 6.33. The van der Waals surface area contributed by atoms with E-state index in [0.717, 1.165) is 24.3 Å². The molecule has 132 valence electrons. The topological polar surface area (TPSA) is 52.6 Å². The molecule has 0 amide bonds. The van der Waals surface area contributed by atoms with E-state index in [2.05, 4.69) is 13.8 Å². The van der Waals surface area contributed by atoms with Crippen molar-refractivity contribution in [3.8, 4) is 5.75 Å². The minimum Gasteiger partial charge on any atom is -0.493 e. The van der Waals surface area contributed by atoms with Gasteiger partial charge in [-0.2, -0.15) is 0 Å². The summed E-state index contributed by atoms with van der Waals surface area (Å²) in [7, 11) is 0. The lowest BCUT2D eigenvalue weighted by molar-refractivity contribution is -0.142. The Morgan fingerprint density at radius 2 is 1.88 bits per heavy atom. The molecule has 1 rings (SSSR count). The summed E-state index contributed by atoms with van der Waals surface area (Å²) in [6.07, 6.45) is 7.76. The van der Waals surface area contributed by atoms with Crippen molar-refractivity contribution in [2.24, 2.45) is 5.92 Å². The van der Waals surface area contributed by atoms with Crippen LogP contribution in [0.25, 0.3) is 6.08 Å². The zero-order valence-electron chi connectivity index (χ0n) is 14.9. The average molecular weight is 332 g/mol. The molecule has 0 N–H and O–H groups in total. The summed E-state index contributed by atoms with van der Waals surface area (Å²) in [5.74, 6) is 0.733. The van der Waals surface area contributed by atoms with E-state index < -0.39 is 5.97 Å². The molecule has 24 heavy (non-hydrogen) atoms. The minimum absolute atomic E-state index is 0.178. The van der Waals surface area contributed by atoms with Crippen LogP contribution in [0.2, 0.25) is 0 Å². The normalized spacial score (nSPS) is 12.1. The summed E-state index contributed by atoms with van der Waals surface area (Å²) in [6, 6.07) is 7.56. The van der Waals surface area contributed by atoms with Crippen molar-refractivity contribution >= 4 is 17.8 Å². The van der Waals surface area contributed by atoms with E-state index in [0.29, 0.717) is 5.92 Å². The predicted molar refractivity (Wildman–Crippen MR) is 95.9 cm³/mol. The van der Waals surface area contributed by atoms with Gasteiger partial charge in [0.2, 0.25) is 0 Å².